The van der Waals surface area contributed by atoms with Crippen LogP contribution in [-0.4, -0.2) is 47.5 Å². The first-order valence-corrected chi connectivity index (χ1v) is 11.8. The summed E-state index contributed by atoms with van der Waals surface area (Å²) in [5, 5.41) is 5.55. The van der Waals surface area contributed by atoms with Gasteiger partial charge in [0.2, 0.25) is 11.8 Å². The van der Waals surface area contributed by atoms with E-state index < -0.39 is 29.7 Å². The second-order valence-corrected chi connectivity index (χ2v) is 9.14. The van der Waals surface area contributed by atoms with Crippen molar-refractivity contribution in [2.75, 3.05) is 13.1 Å². The summed E-state index contributed by atoms with van der Waals surface area (Å²) in [5.74, 6) is -0.649. The molecule has 0 saturated carbocycles. The summed E-state index contributed by atoms with van der Waals surface area (Å²) in [5.41, 5.74) is 1.16. The van der Waals surface area contributed by atoms with E-state index in [0.717, 1.165) is 31.2 Å². The van der Waals surface area contributed by atoms with Gasteiger partial charge < -0.3 is 20.3 Å². The lowest BCUT2D eigenvalue weighted by molar-refractivity contribution is -0.141. The molecule has 33 heavy (non-hydrogen) atoms. The number of ether oxygens (including phenoxy) is 1. The number of alkyl carbamates (subject to hydrolysis) is 1. The number of rotatable bonds is 12. The number of nitrogens with one attached hydrogen (secondary N) is 2. The quantitative estimate of drug-likeness (QED) is 0.355. The number of amides is 3. The molecule has 0 spiro atoms. The van der Waals surface area contributed by atoms with E-state index in [1.807, 2.05) is 24.3 Å². The SMILES string of the molecule is C=CCN(C(=O)C(C)NC(=O)OC(C)(C)C)C(C(=O)NCCCCC)c1ccc(CC)cc1. The summed E-state index contributed by atoms with van der Waals surface area (Å²) < 4.78 is 5.27. The molecule has 0 saturated heterocycles. The van der Waals surface area contributed by atoms with E-state index in [4.69, 9.17) is 4.74 Å². The average molecular weight is 460 g/mol. The molecule has 3 amide bonds. The van der Waals surface area contributed by atoms with Gasteiger partial charge in [0.25, 0.3) is 0 Å². The summed E-state index contributed by atoms with van der Waals surface area (Å²) >= 11 is 0. The smallest absolute Gasteiger partial charge is 0.408 e. The first-order chi connectivity index (χ1) is 15.5. The molecule has 1 aromatic rings. The zero-order valence-corrected chi connectivity index (χ0v) is 21.1. The van der Waals surface area contributed by atoms with Crippen molar-refractivity contribution in [2.24, 2.45) is 0 Å². The topological polar surface area (TPSA) is 87.7 Å². The van der Waals surface area contributed by atoms with Crippen molar-refractivity contribution in [3.05, 3.63) is 48.0 Å². The molecule has 184 valence electrons. The van der Waals surface area contributed by atoms with Crippen LogP contribution in [0.4, 0.5) is 4.79 Å². The van der Waals surface area contributed by atoms with Crippen LogP contribution in [-0.2, 0) is 20.7 Å². The van der Waals surface area contributed by atoms with E-state index in [2.05, 4.69) is 31.1 Å². The molecular formula is C26H41N3O4. The van der Waals surface area contributed by atoms with Gasteiger partial charge in [-0.15, -0.1) is 6.58 Å². The van der Waals surface area contributed by atoms with Crippen molar-refractivity contribution in [3.63, 3.8) is 0 Å². The molecule has 0 aliphatic heterocycles. The second kappa shape index (κ2) is 13.7. The molecular weight excluding hydrogens is 418 g/mol. The van der Waals surface area contributed by atoms with E-state index in [0.29, 0.717) is 12.1 Å². The highest BCUT2D eigenvalue weighted by atomic mass is 16.6. The van der Waals surface area contributed by atoms with E-state index in [-0.39, 0.29) is 12.5 Å². The first kappa shape index (κ1) is 28.2. The largest absolute Gasteiger partial charge is 0.444 e. The van der Waals surface area contributed by atoms with Crippen molar-refractivity contribution in [1.29, 1.82) is 0 Å². The zero-order valence-electron chi connectivity index (χ0n) is 21.1. The molecule has 0 aliphatic carbocycles. The fraction of sp³-hybridized carbons (Fsp3) is 0.577. The van der Waals surface area contributed by atoms with Crippen molar-refractivity contribution in [3.8, 4) is 0 Å². The third-order valence-electron chi connectivity index (χ3n) is 5.06. The lowest BCUT2D eigenvalue weighted by Gasteiger charge is -2.33. The van der Waals surface area contributed by atoms with Gasteiger partial charge in [-0.1, -0.05) is 57.0 Å². The van der Waals surface area contributed by atoms with Crippen molar-refractivity contribution in [2.45, 2.75) is 84.9 Å². The normalized spacial score (nSPS) is 12.9. The van der Waals surface area contributed by atoms with Crippen LogP contribution < -0.4 is 10.6 Å². The van der Waals surface area contributed by atoms with Gasteiger partial charge in [0.15, 0.2) is 0 Å². The van der Waals surface area contributed by atoms with Gasteiger partial charge >= 0.3 is 6.09 Å². The number of carbonyl (C=O) groups excluding carboxylic acids is 3. The third kappa shape index (κ3) is 9.68. The van der Waals surface area contributed by atoms with E-state index >= 15 is 0 Å². The third-order valence-corrected chi connectivity index (χ3v) is 5.06. The predicted octanol–water partition coefficient (Wildman–Crippen LogP) is 4.52. The maximum atomic E-state index is 13.4. The molecule has 0 bridgehead atoms. The molecule has 7 nitrogen and oxygen atoms in total. The van der Waals surface area contributed by atoms with Crippen LogP contribution in [0.3, 0.4) is 0 Å². The number of carbonyl (C=O) groups is 3. The number of hydrogen-bond acceptors (Lipinski definition) is 4. The standard InChI is InChI=1S/C26H41N3O4/c1-8-11-12-17-27-23(30)22(21-15-13-20(10-3)14-16-21)29(18-9-2)24(31)19(4)28-25(32)33-26(5,6)7/h9,13-16,19,22H,2,8,10-12,17-18H2,1,3-7H3,(H,27,30)(H,28,32). The van der Waals surface area contributed by atoms with Gasteiger partial charge in [-0.3, -0.25) is 9.59 Å². The minimum absolute atomic E-state index is 0.155. The molecule has 1 rings (SSSR count). The molecule has 0 aliphatic rings. The highest BCUT2D eigenvalue weighted by Gasteiger charge is 2.34. The van der Waals surface area contributed by atoms with Gasteiger partial charge in [0.05, 0.1) is 0 Å². The van der Waals surface area contributed by atoms with Crippen molar-refractivity contribution >= 4 is 17.9 Å². The molecule has 0 aromatic heterocycles. The van der Waals surface area contributed by atoms with Crippen LogP contribution in [0.15, 0.2) is 36.9 Å². The lowest BCUT2D eigenvalue weighted by atomic mass is 10.0. The van der Waals surface area contributed by atoms with Crippen LogP contribution >= 0.6 is 0 Å². The maximum absolute atomic E-state index is 13.4. The Morgan fingerprint density at radius 3 is 2.27 bits per heavy atom. The first-order valence-electron chi connectivity index (χ1n) is 11.8. The molecule has 7 heteroatoms. The Labute approximate surface area is 198 Å². The van der Waals surface area contributed by atoms with E-state index in [1.54, 1.807) is 33.8 Å². The maximum Gasteiger partial charge on any atom is 0.408 e. The lowest BCUT2D eigenvalue weighted by Crippen LogP contribution is -2.52. The fourth-order valence-corrected chi connectivity index (χ4v) is 3.35. The van der Waals surface area contributed by atoms with Crippen molar-refractivity contribution < 1.29 is 19.1 Å². The van der Waals surface area contributed by atoms with E-state index in [1.165, 1.54) is 4.90 Å². The highest BCUT2D eigenvalue weighted by molar-refractivity contribution is 5.92. The van der Waals surface area contributed by atoms with Gasteiger partial charge in [0.1, 0.15) is 17.7 Å². The Morgan fingerprint density at radius 1 is 1.12 bits per heavy atom. The summed E-state index contributed by atoms with van der Waals surface area (Å²) in [7, 11) is 0. The Balaban J connectivity index is 3.18. The minimum Gasteiger partial charge on any atom is -0.444 e. The van der Waals surface area contributed by atoms with Crippen LogP contribution in [0.5, 0.6) is 0 Å². The summed E-state index contributed by atoms with van der Waals surface area (Å²) in [4.78, 5) is 40.3. The number of hydrogen-bond donors (Lipinski definition) is 2. The number of nitrogens with zero attached hydrogens (tertiary/aromatic N) is 1. The van der Waals surface area contributed by atoms with Gasteiger partial charge in [0, 0.05) is 13.1 Å². The molecule has 1 aromatic carbocycles. The fourth-order valence-electron chi connectivity index (χ4n) is 3.35. The molecule has 2 unspecified atom stereocenters. The monoisotopic (exact) mass is 459 g/mol. The zero-order chi connectivity index (χ0) is 25.0. The second-order valence-electron chi connectivity index (χ2n) is 9.14. The average Bonchev–Trinajstić information content (AvgIpc) is 2.75. The van der Waals surface area contributed by atoms with Crippen LogP contribution in [0.25, 0.3) is 0 Å². The number of aryl methyl sites for hydroxylation is 1. The molecule has 0 fully saturated rings. The molecule has 0 radical (unpaired) electrons. The molecule has 0 heterocycles. The number of benzene rings is 1. The Morgan fingerprint density at radius 2 is 1.76 bits per heavy atom. The van der Waals surface area contributed by atoms with Crippen molar-refractivity contribution in [1.82, 2.24) is 15.5 Å². The van der Waals surface area contributed by atoms with Gasteiger partial charge in [-0.25, -0.2) is 4.79 Å². The van der Waals surface area contributed by atoms with Crippen LogP contribution in [0, 0.1) is 0 Å². The Kier molecular flexibility index (Phi) is 11.7. The number of unbranched alkanes of at least 4 members (excludes halogenated alkanes) is 2. The summed E-state index contributed by atoms with van der Waals surface area (Å²) in [6.07, 6.45) is 4.70. The molecule has 2 N–H and O–H groups in total. The summed E-state index contributed by atoms with van der Waals surface area (Å²) in [6.45, 7) is 15.5. The van der Waals surface area contributed by atoms with Gasteiger partial charge in [-0.2, -0.15) is 0 Å². The molecule has 2 atom stereocenters. The minimum atomic E-state index is -0.884. The van der Waals surface area contributed by atoms with E-state index in [9.17, 15) is 14.4 Å². The highest BCUT2D eigenvalue weighted by Crippen LogP contribution is 2.23. The Hall–Kier alpha value is -2.83. The predicted molar refractivity (Wildman–Crippen MR) is 132 cm³/mol. The summed E-state index contributed by atoms with van der Waals surface area (Å²) in [6, 6.07) is 5.96. The van der Waals surface area contributed by atoms with Crippen LogP contribution in [0.1, 0.15) is 78.0 Å². The van der Waals surface area contributed by atoms with Gasteiger partial charge in [-0.05, 0) is 51.7 Å². The Bertz CT molecular complexity index is 784. The van der Waals surface area contributed by atoms with Crippen LogP contribution in [0.2, 0.25) is 0 Å².